The molecule has 0 heterocycles. The molecule has 24 heavy (non-hydrogen) atoms. The fourth-order valence-electron chi connectivity index (χ4n) is 2.12. The molecule has 0 aliphatic rings. The summed E-state index contributed by atoms with van der Waals surface area (Å²) in [5.41, 5.74) is 0.708. The third-order valence-corrected chi connectivity index (χ3v) is 3.45. The van der Waals surface area contributed by atoms with E-state index in [-0.39, 0.29) is 5.75 Å². The zero-order valence-electron chi connectivity index (χ0n) is 14.8. The Hall–Kier alpha value is -1.86. The van der Waals surface area contributed by atoms with Crippen LogP contribution in [0.3, 0.4) is 0 Å². The second-order valence-electron chi connectivity index (χ2n) is 5.56. The van der Waals surface area contributed by atoms with Crippen LogP contribution in [0.1, 0.15) is 18.9 Å². The molecule has 0 fully saturated rings. The molecule has 0 spiro atoms. The van der Waals surface area contributed by atoms with E-state index < -0.39 is 5.82 Å². The fraction of sp³-hybridized carbons (Fsp3) is 0.588. The van der Waals surface area contributed by atoms with Gasteiger partial charge in [0.2, 0.25) is 0 Å². The van der Waals surface area contributed by atoms with Gasteiger partial charge in [0.15, 0.2) is 17.5 Å². The van der Waals surface area contributed by atoms with E-state index in [4.69, 9.17) is 4.74 Å². The maximum absolute atomic E-state index is 13.3. The molecule has 0 aliphatic heterocycles. The van der Waals surface area contributed by atoms with E-state index in [1.54, 1.807) is 13.2 Å². The number of hydrogen-bond acceptors (Lipinski definition) is 4. The third-order valence-electron chi connectivity index (χ3n) is 3.45. The highest BCUT2D eigenvalue weighted by Gasteiger charge is 2.03. The van der Waals surface area contributed by atoms with Gasteiger partial charge in [-0.05, 0) is 38.1 Å². The van der Waals surface area contributed by atoms with Gasteiger partial charge in [0, 0.05) is 39.9 Å². The number of phenolic OH excluding ortho intramolecular Hbond substituents is 1. The van der Waals surface area contributed by atoms with Gasteiger partial charge in [-0.15, -0.1) is 0 Å². The number of aromatic hydroxyl groups is 1. The number of benzene rings is 1. The van der Waals surface area contributed by atoms with E-state index in [1.165, 1.54) is 12.1 Å². The van der Waals surface area contributed by atoms with Gasteiger partial charge in [-0.1, -0.05) is 6.07 Å². The first-order valence-electron chi connectivity index (χ1n) is 8.23. The van der Waals surface area contributed by atoms with Gasteiger partial charge in [0.25, 0.3) is 0 Å². The summed E-state index contributed by atoms with van der Waals surface area (Å²) in [5.74, 6) is -0.279. The van der Waals surface area contributed by atoms with Crippen LogP contribution in [0.15, 0.2) is 23.2 Å². The second-order valence-corrected chi connectivity index (χ2v) is 5.56. The molecule has 0 bridgehead atoms. The predicted molar refractivity (Wildman–Crippen MR) is 94.9 cm³/mol. The SMILES string of the molecule is CCNC(=NCc1ccc(O)c(F)c1)NCCN(C)CCCOC. The molecule has 3 N–H and O–H groups in total. The van der Waals surface area contributed by atoms with Crippen LogP contribution in [0, 0.1) is 5.82 Å². The largest absolute Gasteiger partial charge is 0.505 e. The van der Waals surface area contributed by atoms with E-state index in [2.05, 4.69) is 27.6 Å². The van der Waals surface area contributed by atoms with Crippen LogP contribution in [-0.4, -0.2) is 62.9 Å². The van der Waals surface area contributed by atoms with Crippen molar-refractivity contribution < 1.29 is 14.2 Å². The molecule has 1 aromatic rings. The Morgan fingerprint density at radius 1 is 1.33 bits per heavy atom. The first-order valence-corrected chi connectivity index (χ1v) is 8.23. The number of halogens is 1. The minimum atomic E-state index is -0.627. The van der Waals surface area contributed by atoms with Crippen molar-refractivity contribution in [3.63, 3.8) is 0 Å². The van der Waals surface area contributed by atoms with E-state index in [1.807, 2.05) is 6.92 Å². The number of aliphatic imine (C=N–C) groups is 1. The molecule has 7 heteroatoms. The summed E-state index contributed by atoms with van der Waals surface area (Å²) < 4.78 is 18.4. The van der Waals surface area contributed by atoms with Crippen molar-refractivity contribution in [3.05, 3.63) is 29.6 Å². The van der Waals surface area contributed by atoms with E-state index in [9.17, 15) is 9.50 Å². The second kappa shape index (κ2) is 11.6. The maximum Gasteiger partial charge on any atom is 0.191 e. The Morgan fingerprint density at radius 2 is 2.12 bits per heavy atom. The number of ether oxygens (including phenoxy) is 1. The Kier molecular flexibility index (Phi) is 9.79. The molecule has 0 atom stereocenters. The van der Waals surface area contributed by atoms with Crippen LogP contribution in [-0.2, 0) is 11.3 Å². The topological polar surface area (TPSA) is 69.1 Å². The van der Waals surface area contributed by atoms with Crippen molar-refractivity contribution in [2.24, 2.45) is 4.99 Å². The zero-order chi connectivity index (χ0) is 17.8. The van der Waals surface area contributed by atoms with Gasteiger partial charge >= 0.3 is 0 Å². The highest BCUT2D eigenvalue weighted by molar-refractivity contribution is 5.79. The highest BCUT2D eigenvalue weighted by atomic mass is 19.1. The smallest absolute Gasteiger partial charge is 0.191 e. The molecule has 0 amide bonds. The molecule has 1 aromatic carbocycles. The summed E-state index contributed by atoms with van der Waals surface area (Å²) in [6.45, 7) is 6.49. The molecular weight excluding hydrogens is 311 g/mol. The maximum atomic E-state index is 13.3. The Bertz CT molecular complexity index is 511. The molecular formula is C17H29FN4O2. The lowest BCUT2D eigenvalue weighted by Crippen LogP contribution is -2.41. The average molecular weight is 340 g/mol. The first kappa shape index (κ1) is 20.2. The molecule has 0 aliphatic carbocycles. The van der Waals surface area contributed by atoms with Gasteiger partial charge in [0.1, 0.15) is 0 Å². The summed E-state index contributed by atoms with van der Waals surface area (Å²) >= 11 is 0. The molecule has 6 nitrogen and oxygen atoms in total. The summed E-state index contributed by atoms with van der Waals surface area (Å²) in [7, 11) is 3.78. The summed E-state index contributed by atoms with van der Waals surface area (Å²) in [5, 5.41) is 15.6. The summed E-state index contributed by atoms with van der Waals surface area (Å²) in [6, 6.07) is 4.30. The fourth-order valence-corrected chi connectivity index (χ4v) is 2.12. The van der Waals surface area contributed by atoms with Crippen molar-refractivity contribution in [3.8, 4) is 5.75 Å². The van der Waals surface area contributed by atoms with Crippen LogP contribution in [0.5, 0.6) is 5.75 Å². The van der Waals surface area contributed by atoms with Crippen molar-refractivity contribution in [2.45, 2.75) is 19.9 Å². The minimum Gasteiger partial charge on any atom is -0.505 e. The lowest BCUT2D eigenvalue weighted by molar-refractivity contribution is 0.180. The number of guanidine groups is 1. The lowest BCUT2D eigenvalue weighted by Gasteiger charge is -2.18. The molecule has 0 aromatic heterocycles. The standard InChI is InChI=1S/C17H29FN4O2/c1-4-19-17(20-8-10-22(2)9-5-11-24-3)21-13-14-6-7-16(23)15(18)12-14/h6-7,12,23H,4-5,8-11,13H2,1-3H3,(H2,19,20,21). The molecule has 0 unspecified atom stereocenters. The molecule has 0 radical (unpaired) electrons. The third kappa shape index (κ3) is 8.12. The van der Waals surface area contributed by atoms with Gasteiger partial charge in [-0.25, -0.2) is 9.38 Å². The number of nitrogens with one attached hydrogen (secondary N) is 2. The van der Waals surface area contributed by atoms with Crippen molar-refractivity contribution >= 4 is 5.96 Å². The number of rotatable bonds is 10. The van der Waals surface area contributed by atoms with Crippen LogP contribution >= 0.6 is 0 Å². The monoisotopic (exact) mass is 340 g/mol. The van der Waals surface area contributed by atoms with Gasteiger partial charge in [0.05, 0.1) is 6.54 Å². The molecule has 1 rings (SSSR count). The number of hydrogen-bond donors (Lipinski definition) is 3. The molecule has 0 saturated carbocycles. The van der Waals surface area contributed by atoms with Crippen LogP contribution in [0.25, 0.3) is 0 Å². The quantitative estimate of drug-likeness (QED) is 0.343. The van der Waals surface area contributed by atoms with Crippen molar-refractivity contribution in [2.75, 3.05) is 46.9 Å². The Labute approximate surface area is 143 Å². The van der Waals surface area contributed by atoms with Crippen molar-refractivity contribution in [1.29, 1.82) is 0 Å². The van der Waals surface area contributed by atoms with Gasteiger partial charge in [-0.3, -0.25) is 0 Å². The number of nitrogens with zero attached hydrogens (tertiary/aromatic N) is 2. The Balaban J connectivity index is 2.43. The van der Waals surface area contributed by atoms with Crippen LogP contribution in [0.2, 0.25) is 0 Å². The van der Waals surface area contributed by atoms with Crippen LogP contribution in [0.4, 0.5) is 4.39 Å². The summed E-state index contributed by atoms with van der Waals surface area (Å²) in [6.07, 6.45) is 1.01. The van der Waals surface area contributed by atoms with E-state index >= 15 is 0 Å². The highest BCUT2D eigenvalue weighted by Crippen LogP contribution is 2.16. The first-order chi connectivity index (χ1) is 11.6. The number of phenols is 1. The number of likely N-dealkylation sites (N-methyl/N-ethyl adjacent to an activating group) is 1. The lowest BCUT2D eigenvalue weighted by atomic mass is 10.2. The van der Waals surface area contributed by atoms with E-state index in [0.29, 0.717) is 18.1 Å². The zero-order valence-corrected chi connectivity index (χ0v) is 14.8. The Morgan fingerprint density at radius 3 is 2.79 bits per heavy atom. The minimum absolute atomic E-state index is 0.343. The molecule has 136 valence electrons. The normalized spacial score (nSPS) is 11.8. The van der Waals surface area contributed by atoms with E-state index in [0.717, 1.165) is 39.2 Å². The molecule has 0 saturated heterocycles. The summed E-state index contributed by atoms with van der Waals surface area (Å²) in [4.78, 5) is 6.66. The van der Waals surface area contributed by atoms with Gasteiger partial charge < -0.3 is 25.4 Å². The van der Waals surface area contributed by atoms with Crippen molar-refractivity contribution in [1.82, 2.24) is 15.5 Å². The van der Waals surface area contributed by atoms with Crippen LogP contribution < -0.4 is 10.6 Å². The average Bonchev–Trinajstić information content (AvgIpc) is 2.56. The number of methoxy groups -OCH3 is 1. The predicted octanol–water partition coefficient (Wildman–Crippen LogP) is 1.55. The van der Waals surface area contributed by atoms with Gasteiger partial charge in [-0.2, -0.15) is 0 Å².